The summed E-state index contributed by atoms with van der Waals surface area (Å²) in [4.78, 5) is 1.70. The van der Waals surface area contributed by atoms with E-state index in [9.17, 15) is 13.2 Å². The number of nitrogens with zero attached hydrogens (tertiary/aromatic N) is 1. The molecule has 0 aromatic heterocycles. The maximum atomic E-state index is 12.4. The van der Waals surface area contributed by atoms with Gasteiger partial charge in [0.15, 0.2) is 0 Å². The van der Waals surface area contributed by atoms with Crippen LogP contribution in [-0.2, 0) is 0 Å². The number of halogens is 3. The van der Waals surface area contributed by atoms with Crippen LogP contribution in [0.2, 0.25) is 0 Å². The number of rotatable bonds is 6. The normalized spacial score (nSPS) is 15.4. The van der Waals surface area contributed by atoms with Crippen LogP contribution in [0.1, 0.15) is 36.9 Å². The van der Waals surface area contributed by atoms with Crippen molar-refractivity contribution in [2.45, 2.75) is 44.9 Å². The molecule has 1 aromatic rings. The molecular weight excluding hydrogens is 265 g/mol. The third kappa shape index (κ3) is 5.13. The van der Waals surface area contributed by atoms with E-state index >= 15 is 0 Å². The summed E-state index contributed by atoms with van der Waals surface area (Å²) in [5, 5.41) is 0. The monoisotopic (exact) mass is 288 g/mol. The minimum Gasteiger partial charge on any atom is -0.326 e. The lowest BCUT2D eigenvalue weighted by atomic mass is 9.96. The Labute approximate surface area is 118 Å². The maximum absolute atomic E-state index is 12.4. The van der Waals surface area contributed by atoms with Gasteiger partial charge in [0.2, 0.25) is 0 Å². The number of likely N-dealkylation sites (N-methyl/N-ethyl adjacent to an activating group) is 1. The van der Waals surface area contributed by atoms with Crippen molar-refractivity contribution in [3.05, 3.63) is 35.4 Å². The molecule has 0 aliphatic rings. The van der Waals surface area contributed by atoms with E-state index in [1.807, 2.05) is 38.1 Å². The van der Waals surface area contributed by atoms with Crippen LogP contribution in [0.4, 0.5) is 13.2 Å². The highest BCUT2D eigenvalue weighted by atomic mass is 19.4. The number of benzene rings is 1. The summed E-state index contributed by atoms with van der Waals surface area (Å²) >= 11 is 0. The zero-order chi connectivity index (χ0) is 15.3. The van der Waals surface area contributed by atoms with Gasteiger partial charge in [-0.15, -0.1) is 0 Å². The molecule has 0 amide bonds. The first-order chi connectivity index (χ1) is 9.24. The van der Waals surface area contributed by atoms with Crippen molar-refractivity contribution in [2.75, 3.05) is 13.6 Å². The molecule has 0 radical (unpaired) electrons. The van der Waals surface area contributed by atoms with Crippen LogP contribution in [-0.4, -0.2) is 30.7 Å². The van der Waals surface area contributed by atoms with Crippen molar-refractivity contribution in [2.24, 2.45) is 5.73 Å². The van der Waals surface area contributed by atoms with E-state index in [-0.39, 0.29) is 18.6 Å². The van der Waals surface area contributed by atoms with E-state index in [2.05, 4.69) is 0 Å². The van der Waals surface area contributed by atoms with Gasteiger partial charge < -0.3 is 5.73 Å². The highest BCUT2D eigenvalue weighted by Crippen LogP contribution is 2.27. The quantitative estimate of drug-likeness (QED) is 0.865. The predicted octanol–water partition coefficient (Wildman–Crippen LogP) is 3.66. The largest absolute Gasteiger partial charge is 0.390 e. The Balaban J connectivity index is 2.86. The minimum absolute atomic E-state index is 0.0459. The van der Waals surface area contributed by atoms with Gasteiger partial charge in [-0.1, -0.05) is 36.8 Å². The lowest BCUT2D eigenvalue weighted by Crippen LogP contribution is -2.40. The zero-order valence-electron chi connectivity index (χ0n) is 12.2. The molecule has 114 valence electrons. The molecule has 0 saturated carbocycles. The molecule has 0 fully saturated rings. The number of nitrogens with two attached hydrogens (primary N) is 1. The standard InChI is InChI=1S/C15H23F3N2/c1-4-13(19)14(12-7-5-11(2)6-8-12)20(3)10-9-15(16,17)18/h5-8,13-14H,4,9-10,19H2,1-3H3. The Hall–Kier alpha value is -1.07. The fraction of sp³-hybridized carbons (Fsp3) is 0.600. The van der Waals surface area contributed by atoms with Crippen LogP contribution in [0, 0.1) is 6.92 Å². The second-order valence-corrected chi connectivity index (χ2v) is 5.27. The van der Waals surface area contributed by atoms with Crippen molar-refractivity contribution in [1.82, 2.24) is 4.90 Å². The van der Waals surface area contributed by atoms with Crippen molar-refractivity contribution < 1.29 is 13.2 Å². The second-order valence-electron chi connectivity index (χ2n) is 5.27. The molecule has 0 heterocycles. The summed E-state index contributed by atoms with van der Waals surface area (Å²) in [5.41, 5.74) is 8.19. The summed E-state index contributed by atoms with van der Waals surface area (Å²) in [6.45, 7) is 3.88. The number of hydrogen-bond donors (Lipinski definition) is 1. The summed E-state index contributed by atoms with van der Waals surface area (Å²) in [6, 6.07) is 7.43. The third-order valence-corrected chi connectivity index (χ3v) is 3.52. The molecular formula is C15H23F3N2. The lowest BCUT2D eigenvalue weighted by Gasteiger charge is -2.33. The summed E-state index contributed by atoms with van der Waals surface area (Å²) in [6.07, 6.45) is -4.24. The smallest absolute Gasteiger partial charge is 0.326 e. The summed E-state index contributed by atoms with van der Waals surface area (Å²) in [7, 11) is 1.70. The van der Waals surface area contributed by atoms with Gasteiger partial charge in [0.1, 0.15) is 0 Å². The van der Waals surface area contributed by atoms with Gasteiger partial charge in [-0.3, -0.25) is 4.90 Å². The van der Waals surface area contributed by atoms with Gasteiger partial charge in [-0.2, -0.15) is 13.2 Å². The summed E-state index contributed by atoms with van der Waals surface area (Å²) < 4.78 is 37.1. The molecule has 2 unspecified atom stereocenters. The Morgan fingerprint density at radius 3 is 2.20 bits per heavy atom. The molecule has 2 N–H and O–H groups in total. The first-order valence-electron chi connectivity index (χ1n) is 6.83. The fourth-order valence-corrected chi connectivity index (χ4v) is 2.26. The molecule has 0 spiro atoms. The van der Waals surface area contributed by atoms with Crippen LogP contribution in [0.15, 0.2) is 24.3 Å². The second kappa shape index (κ2) is 7.09. The average Bonchev–Trinajstić information content (AvgIpc) is 2.38. The van der Waals surface area contributed by atoms with Gasteiger partial charge in [0, 0.05) is 18.6 Å². The molecule has 0 aliphatic carbocycles. The Morgan fingerprint density at radius 2 is 1.75 bits per heavy atom. The number of aryl methyl sites for hydroxylation is 1. The molecule has 0 aliphatic heterocycles. The zero-order valence-corrected chi connectivity index (χ0v) is 12.2. The first-order valence-corrected chi connectivity index (χ1v) is 6.83. The SMILES string of the molecule is CCC(N)C(c1ccc(C)cc1)N(C)CCC(F)(F)F. The first kappa shape index (κ1) is 17.0. The minimum atomic E-state index is -4.14. The van der Waals surface area contributed by atoms with E-state index in [4.69, 9.17) is 5.73 Å². The van der Waals surface area contributed by atoms with Gasteiger partial charge in [0.25, 0.3) is 0 Å². The Bertz CT molecular complexity index is 401. The lowest BCUT2D eigenvalue weighted by molar-refractivity contribution is -0.138. The van der Waals surface area contributed by atoms with E-state index < -0.39 is 12.6 Å². The predicted molar refractivity (Wildman–Crippen MR) is 75.5 cm³/mol. The maximum Gasteiger partial charge on any atom is 0.390 e. The molecule has 2 nitrogen and oxygen atoms in total. The Kier molecular flexibility index (Phi) is 6.02. The average molecular weight is 288 g/mol. The fourth-order valence-electron chi connectivity index (χ4n) is 2.26. The van der Waals surface area contributed by atoms with Crippen LogP contribution in [0.25, 0.3) is 0 Å². The highest BCUT2D eigenvalue weighted by Gasteiger charge is 2.30. The van der Waals surface area contributed by atoms with Crippen molar-refractivity contribution in [1.29, 1.82) is 0 Å². The van der Waals surface area contributed by atoms with Crippen LogP contribution < -0.4 is 5.73 Å². The molecule has 1 rings (SSSR count). The van der Waals surface area contributed by atoms with Gasteiger partial charge in [0.05, 0.1) is 6.42 Å². The van der Waals surface area contributed by atoms with E-state index in [0.717, 1.165) is 17.5 Å². The van der Waals surface area contributed by atoms with E-state index in [0.29, 0.717) is 0 Å². The van der Waals surface area contributed by atoms with Crippen LogP contribution in [0.5, 0.6) is 0 Å². The molecule has 1 aromatic carbocycles. The van der Waals surface area contributed by atoms with Crippen molar-refractivity contribution in [3.8, 4) is 0 Å². The molecule has 2 atom stereocenters. The summed E-state index contributed by atoms with van der Waals surface area (Å²) in [5.74, 6) is 0. The molecule has 0 saturated heterocycles. The molecule has 20 heavy (non-hydrogen) atoms. The molecule has 0 bridgehead atoms. The highest BCUT2D eigenvalue weighted by molar-refractivity contribution is 5.25. The van der Waals surface area contributed by atoms with Crippen molar-refractivity contribution >= 4 is 0 Å². The van der Waals surface area contributed by atoms with Crippen molar-refractivity contribution in [3.63, 3.8) is 0 Å². The number of hydrogen-bond acceptors (Lipinski definition) is 2. The van der Waals surface area contributed by atoms with Gasteiger partial charge in [-0.25, -0.2) is 0 Å². The number of alkyl halides is 3. The van der Waals surface area contributed by atoms with Crippen LogP contribution >= 0.6 is 0 Å². The third-order valence-electron chi connectivity index (χ3n) is 3.52. The molecule has 5 heteroatoms. The Morgan fingerprint density at radius 1 is 1.20 bits per heavy atom. The van der Waals surface area contributed by atoms with E-state index in [1.165, 1.54) is 0 Å². The topological polar surface area (TPSA) is 29.3 Å². The van der Waals surface area contributed by atoms with E-state index in [1.54, 1.807) is 11.9 Å². The van der Waals surface area contributed by atoms with Gasteiger partial charge >= 0.3 is 6.18 Å². The van der Waals surface area contributed by atoms with Gasteiger partial charge in [-0.05, 0) is 26.0 Å². The van der Waals surface area contributed by atoms with Crippen LogP contribution in [0.3, 0.4) is 0 Å².